The molecule has 8 nitrogen and oxygen atoms in total. The molecule has 1 fully saturated rings. The maximum absolute atomic E-state index is 13.0. The number of hydrogen-bond acceptors (Lipinski definition) is 5. The van der Waals surface area contributed by atoms with Gasteiger partial charge in [0.2, 0.25) is 0 Å². The van der Waals surface area contributed by atoms with Crippen molar-refractivity contribution in [3.8, 4) is 5.69 Å². The summed E-state index contributed by atoms with van der Waals surface area (Å²) in [4.78, 5) is 31.7. The van der Waals surface area contributed by atoms with Gasteiger partial charge in [0.15, 0.2) is 5.78 Å². The van der Waals surface area contributed by atoms with Crippen LogP contribution in [0, 0.1) is 12.8 Å². The Kier molecular flexibility index (Phi) is 8.83. The van der Waals surface area contributed by atoms with Gasteiger partial charge >= 0.3 is 6.03 Å². The zero-order chi connectivity index (χ0) is 29.7. The molecule has 0 radical (unpaired) electrons. The normalized spacial score (nSPS) is 14.5. The highest BCUT2D eigenvalue weighted by Gasteiger charge is 2.23. The van der Waals surface area contributed by atoms with E-state index in [9.17, 15) is 9.59 Å². The molecule has 5 rings (SSSR count). The number of amides is 2. The first kappa shape index (κ1) is 29.2. The summed E-state index contributed by atoms with van der Waals surface area (Å²) < 4.78 is 1.78. The van der Waals surface area contributed by atoms with Gasteiger partial charge in [-0.05, 0) is 87.2 Å². The van der Waals surface area contributed by atoms with Crippen molar-refractivity contribution in [2.45, 2.75) is 52.4 Å². The third-order valence-corrected chi connectivity index (χ3v) is 7.81. The molecular formula is C34H40N6O2. The smallest absolute Gasteiger partial charge is 0.308 e. The summed E-state index contributed by atoms with van der Waals surface area (Å²) in [6.07, 6.45) is 6.45. The van der Waals surface area contributed by atoms with Crippen LogP contribution in [0.15, 0.2) is 79.1 Å². The number of ketones is 1. The molecule has 8 heteroatoms. The Morgan fingerprint density at radius 2 is 1.57 bits per heavy atom. The molecule has 0 atom stereocenters. The zero-order valence-electron chi connectivity index (χ0n) is 24.9. The monoisotopic (exact) mass is 564 g/mol. The van der Waals surface area contributed by atoms with Crippen LogP contribution < -0.4 is 10.6 Å². The lowest BCUT2D eigenvalue weighted by Crippen LogP contribution is -2.37. The number of anilines is 2. The van der Waals surface area contributed by atoms with Crippen molar-refractivity contribution in [3.63, 3.8) is 0 Å². The number of pyridine rings is 1. The highest BCUT2D eigenvalue weighted by atomic mass is 16.2. The average Bonchev–Trinajstić information content (AvgIpc) is 3.40. The number of piperidine rings is 1. The van der Waals surface area contributed by atoms with Crippen molar-refractivity contribution in [1.82, 2.24) is 19.7 Å². The van der Waals surface area contributed by atoms with Crippen LogP contribution in [0.1, 0.15) is 60.8 Å². The predicted octanol–water partition coefficient (Wildman–Crippen LogP) is 6.65. The molecule has 2 amide bonds. The summed E-state index contributed by atoms with van der Waals surface area (Å²) in [5.74, 6) is 1.35. The number of carbonyl (C=O) groups excluding carboxylic acids is 2. The number of nitrogens with zero attached hydrogens (tertiary/aromatic N) is 4. The second-order valence-corrected chi connectivity index (χ2v) is 12.3. The third-order valence-electron chi connectivity index (χ3n) is 7.81. The number of aryl methyl sites for hydroxylation is 1. The van der Waals surface area contributed by atoms with E-state index in [1.165, 1.54) is 5.56 Å². The van der Waals surface area contributed by atoms with Gasteiger partial charge < -0.3 is 5.32 Å². The number of aromatic nitrogens is 3. The van der Waals surface area contributed by atoms with Crippen molar-refractivity contribution < 1.29 is 9.59 Å². The van der Waals surface area contributed by atoms with Crippen LogP contribution in [0.4, 0.5) is 16.3 Å². The summed E-state index contributed by atoms with van der Waals surface area (Å²) in [7, 11) is 0. The van der Waals surface area contributed by atoms with Gasteiger partial charge in [-0.2, -0.15) is 5.10 Å². The van der Waals surface area contributed by atoms with Crippen LogP contribution in [0.5, 0.6) is 0 Å². The number of likely N-dealkylation sites (tertiary alicyclic amines) is 1. The molecule has 1 aliphatic rings. The first-order valence-electron chi connectivity index (χ1n) is 14.6. The van der Waals surface area contributed by atoms with E-state index in [0.717, 1.165) is 60.5 Å². The van der Waals surface area contributed by atoms with Gasteiger partial charge in [-0.3, -0.25) is 20.0 Å². The minimum atomic E-state index is -0.315. The van der Waals surface area contributed by atoms with E-state index in [4.69, 9.17) is 5.10 Å². The van der Waals surface area contributed by atoms with Gasteiger partial charge in [0, 0.05) is 35.1 Å². The summed E-state index contributed by atoms with van der Waals surface area (Å²) in [5.41, 5.74) is 5.50. The van der Waals surface area contributed by atoms with E-state index in [2.05, 4.69) is 53.4 Å². The minimum absolute atomic E-state index is 0.150. The standard InChI is InChI=1S/C34H40N6O2/c1-24-5-11-29(12-6-24)40-32(22-31(38-40)34(2,3)4)37-33(42)36-28-9-7-25(8-10-28)21-26-15-19-39(20-16-26)23-30(41)27-13-17-35-18-14-27/h5-14,17-18,22,26H,15-16,19-21,23H2,1-4H3,(H2,36,37,42). The molecule has 3 heterocycles. The van der Waals surface area contributed by atoms with Gasteiger partial charge in [0.05, 0.1) is 17.9 Å². The summed E-state index contributed by atoms with van der Waals surface area (Å²) in [6, 6.07) is 21.3. The lowest BCUT2D eigenvalue weighted by Gasteiger charge is -2.31. The molecule has 0 unspecified atom stereocenters. The van der Waals surface area contributed by atoms with Crippen LogP contribution in [0.2, 0.25) is 0 Å². The molecule has 2 aromatic heterocycles. The maximum Gasteiger partial charge on any atom is 0.324 e. The van der Waals surface area contributed by atoms with Gasteiger partial charge in [-0.25, -0.2) is 9.48 Å². The molecule has 0 bridgehead atoms. The van der Waals surface area contributed by atoms with Gasteiger partial charge in [-0.1, -0.05) is 50.6 Å². The van der Waals surface area contributed by atoms with Crippen LogP contribution in [0.25, 0.3) is 5.69 Å². The molecule has 0 aliphatic carbocycles. The molecular weight excluding hydrogens is 524 g/mol. The number of nitrogens with one attached hydrogen (secondary N) is 2. The van der Waals surface area contributed by atoms with Gasteiger partial charge in [0.25, 0.3) is 0 Å². The van der Waals surface area contributed by atoms with E-state index >= 15 is 0 Å². The lowest BCUT2D eigenvalue weighted by atomic mass is 9.90. The first-order valence-corrected chi connectivity index (χ1v) is 14.6. The molecule has 42 heavy (non-hydrogen) atoms. The van der Waals surface area contributed by atoms with Crippen molar-refractivity contribution in [3.05, 3.63) is 102 Å². The van der Waals surface area contributed by atoms with Gasteiger partial charge in [0.1, 0.15) is 5.82 Å². The second-order valence-electron chi connectivity index (χ2n) is 12.3. The Bertz CT molecular complexity index is 1500. The highest BCUT2D eigenvalue weighted by molar-refractivity contribution is 5.99. The number of Topliss-reactive ketones (excluding diaryl/α,β-unsaturated/α-hetero) is 1. The second kappa shape index (κ2) is 12.7. The Morgan fingerprint density at radius 3 is 2.21 bits per heavy atom. The Labute approximate surface area is 248 Å². The molecule has 4 aromatic rings. The Morgan fingerprint density at radius 1 is 0.905 bits per heavy atom. The fourth-order valence-electron chi connectivity index (χ4n) is 5.24. The first-order chi connectivity index (χ1) is 20.1. The van der Waals surface area contributed by atoms with E-state index in [0.29, 0.717) is 18.3 Å². The molecule has 2 aromatic carbocycles. The van der Waals surface area contributed by atoms with E-state index in [1.54, 1.807) is 29.2 Å². The predicted molar refractivity (Wildman–Crippen MR) is 168 cm³/mol. The summed E-state index contributed by atoms with van der Waals surface area (Å²) in [5, 5.41) is 10.7. The maximum atomic E-state index is 13.0. The number of urea groups is 1. The van der Waals surface area contributed by atoms with E-state index < -0.39 is 0 Å². The van der Waals surface area contributed by atoms with Crippen molar-refractivity contribution >= 4 is 23.3 Å². The fourth-order valence-corrected chi connectivity index (χ4v) is 5.24. The molecule has 1 saturated heterocycles. The molecule has 218 valence electrons. The largest absolute Gasteiger partial charge is 0.324 e. The molecule has 0 spiro atoms. The average molecular weight is 565 g/mol. The Balaban J connectivity index is 1.14. The minimum Gasteiger partial charge on any atom is -0.308 e. The van der Waals surface area contributed by atoms with Crippen molar-refractivity contribution in [1.29, 1.82) is 0 Å². The van der Waals surface area contributed by atoms with Crippen LogP contribution >= 0.6 is 0 Å². The van der Waals surface area contributed by atoms with Crippen LogP contribution in [0.3, 0.4) is 0 Å². The molecule has 1 aliphatic heterocycles. The SMILES string of the molecule is Cc1ccc(-n2nc(C(C)(C)C)cc2NC(=O)Nc2ccc(CC3CCN(CC(=O)c4ccncc4)CC3)cc2)cc1. The molecule has 2 N–H and O–H groups in total. The fraction of sp³-hybridized carbons (Fsp3) is 0.353. The number of carbonyl (C=O) groups is 2. The van der Waals surface area contributed by atoms with E-state index in [1.807, 2.05) is 49.4 Å². The van der Waals surface area contributed by atoms with Crippen molar-refractivity contribution in [2.75, 3.05) is 30.3 Å². The highest BCUT2D eigenvalue weighted by Crippen LogP contribution is 2.27. The zero-order valence-corrected chi connectivity index (χ0v) is 24.9. The number of rotatable bonds is 8. The lowest BCUT2D eigenvalue weighted by molar-refractivity contribution is 0.0895. The number of benzene rings is 2. The third kappa shape index (κ3) is 7.50. The summed E-state index contributed by atoms with van der Waals surface area (Å²) in [6.45, 7) is 10.7. The summed E-state index contributed by atoms with van der Waals surface area (Å²) >= 11 is 0. The topological polar surface area (TPSA) is 92.2 Å². The van der Waals surface area contributed by atoms with Crippen molar-refractivity contribution in [2.24, 2.45) is 5.92 Å². The van der Waals surface area contributed by atoms with Crippen LogP contribution in [-0.4, -0.2) is 51.1 Å². The van der Waals surface area contributed by atoms with Crippen LogP contribution in [-0.2, 0) is 11.8 Å². The quantitative estimate of drug-likeness (QED) is 0.234. The Hall–Kier alpha value is -4.30. The molecule has 0 saturated carbocycles. The number of hydrogen-bond donors (Lipinski definition) is 2. The van der Waals surface area contributed by atoms with E-state index in [-0.39, 0.29) is 17.2 Å². The van der Waals surface area contributed by atoms with Gasteiger partial charge in [-0.15, -0.1) is 0 Å².